The van der Waals surface area contributed by atoms with Gasteiger partial charge in [-0.2, -0.15) is 0 Å². The molecule has 1 rings (SSSR count). The zero-order chi connectivity index (χ0) is 11.9. The minimum atomic E-state index is 0.357. The largest absolute Gasteiger partial charge is 0.310 e. The average Bonchev–Trinajstić information content (AvgIpc) is 1.99. The average molecular weight is 209 g/mol. The molecule has 1 fully saturated rings. The van der Waals surface area contributed by atoms with Crippen LogP contribution in [0.2, 0.25) is 0 Å². The molecular weight excluding hydrogens is 182 g/mol. The third-order valence-electron chi connectivity index (χ3n) is 4.00. The second-order valence-electron chi connectivity index (χ2n) is 7.37. The Morgan fingerprint density at radius 3 is 1.47 bits per heavy atom. The van der Waals surface area contributed by atoms with Gasteiger partial charge in [-0.1, -0.05) is 41.5 Å². The number of nitrogens with one attached hydrogen (secondary N) is 1. The van der Waals surface area contributed by atoms with Gasteiger partial charge in [0.15, 0.2) is 0 Å². The molecule has 1 nitrogen and oxygen atoms in total. The van der Waals surface area contributed by atoms with Crippen LogP contribution in [-0.4, -0.2) is 5.71 Å². The molecule has 0 bridgehead atoms. The van der Waals surface area contributed by atoms with Crippen molar-refractivity contribution in [2.45, 2.75) is 60.8 Å². The first-order valence-corrected chi connectivity index (χ1v) is 6.17. The van der Waals surface area contributed by atoms with Crippen molar-refractivity contribution in [2.75, 3.05) is 0 Å². The van der Waals surface area contributed by atoms with Gasteiger partial charge in [-0.15, -0.1) is 0 Å². The van der Waals surface area contributed by atoms with E-state index in [1.165, 1.54) is 6.42 Å². The highest BCUT2D eigenvalue weighted by Gasteiger charge is 2.37. The fourth-order valence-electron chi connectivity index (χ4n) is 2.51. The van der Waals surface area contributed by atoms with E-state index in [0.29, 0.717) is 22.7 Å². The summed E-state index contributed by atoms with van der Waals surface area (Å²) in [7, 11) is 0. The van der Waals surface area contributed by atoms with E-state index < -0.39 is 0 Å². The minimum absolute atomic E-state index is 0.357. The molecule has 0 saturated heterocycles. The lowest BCUT2D eigenvalue weighted by molar-refractivity contribution is 0.125. The molecule has 0 spiro atoms. The van der Waals surface area contributed by atoms with Gasteiger partial charge in [0.1, 0.15) is 0 Å². The summed E-state index contributed by atoms with van der Waals surface area (Å²) in [6, 6.07) is 0. The van der Waals surface area contributed by atoms with E-state index in [1.807, 2.05) is 0 Å². The van der Waals surface area contributed by atoms with Crippen molar-refractivity contribution in [1.29, 1.82) is 5.41 Å². The Hall–Kier alpha value is -0.330. The zero-order valence-electron chi connectivity index (χ0n) is 11.3. The van der Waals surface area contributed by atoms with Crippen molar-refractivity contribution in [3.8, 4) is 0 Å². The van der Waals surface area contributed by atoms with Crippen LogP contribution in [0.15, 0.2) is 0 Å². The third-order valence-corrected chi connectivity index (χ3v) is 4.00. The molecule has 0 amide bonds. The molecule has 0 aromatic carbocycles. The van der Waals surface area contributed by atoms with Crippen LogP contribution in [0, 0.1) is 28.1 Å². The molecule has 1 aliphatic carbocycles. The van der Waals surface area contributed by atoms with Crippen molar-refractivity contribution >= 4 is 5.71 Å². The normalized spacial score (nSPS) is 29.3. The third kappa shape index (κ3) is 3.32. The summed E-state index contributed by atoms with van der Waals surface area (Å²) >= 11 is 0. The lowest BCUT2D eigenvalue weighted by Gasteiger charge is -2.42. The van der Waals surface area contributed by atoms with E-state index in [-0.39, 0.29) is 0 Å². The highest BCUT2D eigenvalue weighted by atomic mass is 14.5. The topological polar surface area (TPSA) is 23.9 Å². The summed E-state index contributed by atoms with van der Waals surface area (Å²) in [5.74, 6) is 1.39. The second kappa shape index (κ2) is 3.92. The quantitative estimate of drug-likeness (QED) is 0.607. The lowest BCUT2D eigenvalue weighted by Crippen LogP contribution is -2.36. The molecule has 88 valence electrons. The van der Waals surface area contributed by atoms with Crippen LogP contribution in [0.1, 0.15) is 60.8 Å². The standard InChI is InChI=1S/C14H27N/c1-13(2,3)10-7-11(14(4,5)6)9-12(15)8-10/h10-11,15H,7-9H2,1-6H3. The van der Waals surface area contributed by atoms with Crippen molar-refractivity contribution in [1.82, 2.24) is 0 Å². The van der Waals surface area contributed by atoms with E-state index >= 15 is 0 Å². The lowest BCUT2D eigenvalue weighted by atomic mass is 9.63. The zero-order valence-corrected chi connectivity index (χ0v) is 11.3. The van der Waals surface area contributed by atoms with Gasteiger partial charge >= 0.3 is 0 Å². The Balaban J connectivity index is 2.77. The molecule has 2 atom stereocenters. The van der Waals surface area contributed by atoms with Crippen molar-refractivity contribution in [3.05, 3.63) is 0 Å². The van der Waals surface area contributed by atoms with Crippen LogP contribution >= 0.6 is 0 Å². The van der Waals surface area contributed by atoms with Crippen LogP contribution in [0.4, 0.5) is 0 Å². The van der Waals surface area contributed by atoms with Gasteiger partial charge < -0.3 is 5.41 Å². The molecule has 0 aliphatic heterocycles. The molecule has 1 saturated carbocycles. The molecule has 0 radical (unpaired) electrons. The van der Waals surface area contributed by atoms with E-state index in [9.17, 15) is 0 Å². The van der Waals surface area contributed by atoms with Crippen LogP contribution in [-0.2, 0) is 0 Å². The molecule has 0 aromatic heterocycles. The van der Waals surface area contributed by atoms with Crippen LogP contribution in [0.5, 0.6) is 0 Å². The summed E-state index contributed by atoms with van der Waals surface area (Å²) in [4.78, 5) is 0. The first-order chi connectivity index (χ1) is 6.60. The SMILES string of the molecule is CC(C)(C)C1CC(=N)CC(C(C)(C)C)C1. The number of hydrogen-bond acceptors (Lipinski definition) is 1. The predicted molar refractivity (Wildman–Crippen MR) is 67.5 cm³/mol. The summed E-state index contributed by atoms with van der Waals surface area (Å²) < 4.78 is 0. The molecule has 1 N–H and O–H groups in total. The fraction of sp³-hybridized carbons (Fsp3) is 0.929. The van der Waals surface area contributed by atoms with Crippen molar-refractivity contribution < 1.29 is 0 Å². The summed E-state index contributed by atoms with van der Waals surface area (Å²) in [6.07, 6.45) is 3.35. The summed E-state index contributed by atoms with van der Waals surface area (Å²) in [6.45, 7) is 13.9. The Morgan fingerprint density at radius 1 is 0.867 bits per heavy atom. The molecular formula is C14H27N. The highest BCUT2D eigenvalue weighted by molar-refractivity contribution is 5.82. The van der Waals surface area contributed by atoms with Gasteiger partial charge in [0.25, 0.3) is 0 Å². The summed E-state index contributed by atoms with van der Waals surface area (Å²) in [5, 5.41) is 8.01. The highest BCUT2D eigenvalue weighted by Crippen LogP contribution is 2.44. The Labute approximate surface area is 95.2 Å². The van der Waals surface area contributed by atoms with Crippen molar-refractivity contribution in [3.63, 3.8) is 0 Å². The Kier molecular flexibility index (Phi) is 3.33. The van der Waals surface area contributed by atoms with Gasteiger partial charge in [0.2, 0.25) is 0 Å². The first kappa shape index (κ1) is 12.7. The van der Waals surface area contributed by atoms with Crippen LogP contribution in [0.25, 0.3) is 0 Å². The van der Waals surface area contributed by atoms with Crippen LogP contribution < -0.4 is 0 Å². The van der Waals surface area contributed by atoms with Crippen molar-refractivity contribution in [2.24, 2.45) is 22.7 Å². The maximum atomic E-state index is 8.01. The first-order valence-electron chi connectivity index (χ1n) is 6.17. The molecule has 1 aliphatic rings. The van der Waals surface area contributed by atoms with Crippen LogP contribution in [0.3, 0.4) is 0 Å². The molecule has 15 heavy (non-hydrogen) atoms. The monoisotopic (exact) mass is 209 g/mol. The molecule has 2 unspecified atom stereocenters. The fourth-order valence-corrected chi connectivity index (χ4v) is 2.51. The van der Waals surface area contributed by atoms with Gasteiger partial charge in [-0.05, 0) is 41.9 Å². The maximum absolute atomic E-state index is 8.01. The minimum Gasteiger partial charge on any atom is -0.310 e. The van der Waals surface area contributed by atoms with E-state index in [4.69, 9.17) is 5.41 Å². The van der Waals surface area contributed by atoms with E-state index in [1.54, 1.807) is 0 Å². The predicted octanol–water partition coefficient (Wildman–Crippen LogP) is 4.51. The molecule has 0 aromatic rings. The van der Waals surface area contributed by atoms with E-state index in [2.05, 4.69) is 41.5 Å². The summed E-state index contributed by atoms with van der Waals surface area (Å²) in [5.41, 5.74) is 1.69. The van der Waals surface area contributed by atoms with Gasteiger partial charge in [-0.3, -0.25) is 0 Å². The Bertz CT molecular complexity index is 215. The van der Waals surface area contributed by atoms with E-state index in [0.717, 1.165) is 18.6 Å². The smallest absolute Gasteiger partial charge is 0.00950 e. The maximum Gasteiger partial charge on any atom is 0.00950 e. The number of hydrogen-bond donors (Lipinski definition) is 1. The molecule has 1 heteroatoms. The number of rotatable bonds is 0. The van der Waals surface area contributed by atoms with Gasteiger partial charge in [-0.25, -0.2) is 0 Å². The van der Waals surface area contributed by atoms with Gasteiger partial charge in [0.05, 0.1) is 0 Å². The Morgan fingerprint density at radius 2 is 1.20 bits per heavy atom. The van der Waals surface area contributed by atoms with Gasteiger partial charge in [0, 0.05) is 5.71 Å². The second-order valence-corrected chi connectivity index (χ2v) is 7.37. The molecule has 0 heterocycles.